The number of piperazine rings is 1. The molecule has 5 heteroatoms. The van der Waals surface area contributed by atoms with Gasteiger partial charge in [-0.25, -0.2) is 4.98 Å². The first kappa shape index (κ1) is 12.1. The second-order valence-corrected chi connectivity index (χ2v) is 5.98. The highest BCUT2D eigenvalue weighted by atomic mass is 79.9. The van der Waals surface area contributed by atoms with Gasteiger partial charge in [0.05, 0.1) is 9.50 Å². The summed E-state index contributed by atoms with van der Waals surface area (Å²) < 4.78 is 0.956. The highest BCUT2D eigenvalue weighted by Gasteiger charge is 2.27. The van der Waals surface area contributed by atoms with Gasteiger partial charge in [0.25, 0.3) is 0 Å². The molecule has 0 radical (unpaired) electrons. The minimum absolute atomic E-state index is 0.124. The lowest BCUT2D eigenvalue weighted by molar-refractivity contribution is 0.351. The number of hydrogen-bond donors (Lipinski definition) is 1. The van der Waals surface area contributed by atoms with Crippen molar-refractivity contribution in [3.05, 3.63) is 21.8 Å². The summed E-state index contributed by atoms with van der Waals surface area (Å²) in [6.07, 6.45) is 1.69. The van der Waals surface area contributed by atoms with Crippen molar-refractivity contribution < 1.29 is 0 Å². The number of nitrogens with zero attached hydrogens (tertiary/aromatic N) is 2. The Kier molecular flexibility index (Phi) is 3.42. The van der Waals surface area contributed by atoms with Crippen LogP contribution in [0.25, 0.3) is 0 Å². The topological polar surface area (TPSA) is 28.2 Å². The normalized spacial score (nSPS) is 19.9. The highest BCUT2D eigenvalue weighted by molar-refractivity contribution is 9.10. The molecule has 1 aromatic rings. The molecule has 0 spiro atoms. The summed E-state index contributed by atoms with van der Waals surface area (Å²) in [5.41, 5.74) is 0.124. The van der Waals surface area contributed by atoms with Gasteiger partial charge in [0, 0.05) is 31.4 Å². The average Bonchev–Trinajstić information content (AvgIpc) is 2.15. The molecule has 0 aliphatic carbocycles. The number of rotatable bonds is 1. The zero-order valence-electron chi connectivity index (χ0n) is 9.43. The number of anilines is 1. The summed E-state index contributed by atoms with van der Waals surface area (Å²) >= 11 is 9.40. The van der Waals surface area contributed by atoms with E-state index < -0.39 is 0 Å². The van der Waals surface area contributed by atoms with E-state index in [2.05, 4.69) is 45.0 Å². The van der Waals surface area contributed by atoms with Gasteiger partial charge < -0.3 is 10.2 Å². The predicted octanol–water partition coefficient (Wildman–Crippen LogP) is 2.69. The van der Waals surface area contributed by atoms with E-state index >= 15 is 0 Å². The largest absolute Gasteiger partial charge is 0.353 e. The smallest absolute Gasteiger partial charge is 0.143 e. The lowest BCUT2D eigenvalue weighted by atomic mass is 10.0. The summed E-state index contributed by atoms with van der Waals surface area (Å²) in [4.78, 5) is 6.66. The van der Waals surface area contributed by atoms with Crippen molar-refractivity contribution in [2.24, 2.45) is 0 Å². The lowest BCUT2D eigenvalue weighted by Gasteiger charge is -2.40. The molecule has 1 N–H and O–H groups in total. The number of aromatic nitrogens is 1. The van der Waals surface area contributed by atoms with Crippen LogP contribution >= 0.6 is 27.5 Å². The molecule has 1 aliphatic rings. The van der Waals surface area contributed by atoms with Crippen molar-refractivity contribution in [2.45, 2.75) is 19.4 Å². The minimum Gasteiger partial charge on any atom is -0.353 e. The van der Waals surface area contributed by atoms with Gasteiger partial charge in [-0.2, -0.15) is 0 Å². The van der Waals surface area contributed by atoms with E-state index in [4.69, 9.17) is 11.6 Å². The van der Waals surface area contributed by atoms with Gasteiger partial charge in [0.1, 0.15) is 5.82 Å². The summed E-state index contributed by atoms with van der Waals surface area (Å²) in [5.74, 6) is 0.971. The quantitative estimate of drug-likeness (QED) is 0.864. The van der Waals surface area contributed by atoms with Gasteiger partial charge >= 0.3 is 0 Å². The van der Waals surface area contributed by atoms with E-state index in [1.807, 2.05) is 6.07 Å². The molecule has 0 aromatic carbocycles. The molecular weight excluding hydrogens is 289 g/mol. The Morgan fingerprint density at radius 2 is 2.31 bits per heavy atom. The Morgan fingerprint density at radius 1 is 1.56 bits per heavy atom. The van der Waals surface area contributed by atoms with Crippen LogP contribution in [0.1, 0.15) is 13.8 Å². The van der Waals surface area contributed by atoms with E-state index in [1.54, 1.807) is 6.20 Å². The lowest BCUT2D eigenvalue weighted by Crippen LogP contribution is -2.57. The molecule has 0 amide bonds. The molecule has 0 atom stereocenters. The number of nitrogens with one attached hydrogen (secondary N) is 1. The van der Waals surface area contributed by atoms with Crippen LogP contribution in [0.5, 0.6) is 0 Å². The minimum atomic E-state index is 0.124. The van der Waals surface area contributed by atoms with Gasteiger partial charge in [-0.3, -0.25) is 0 Å². The summed E-state index contributed by atoms with van der Waals surface area (Å²) in [6.45, 7) is 7.28. The fourth-order valence-electron chi connectivity index (χ4n) is 1.96. The van der Waals surface area contributed by atoms with Gasteiger partial charge in [-0.1, -0.05) is 11.6 Å². The van der Waals surface area contributed by atoms with Gasteiger partial charge in [0.2, 0.25) is 0 Å². The summed E-state index contributed by atoms with van der Waals surface area (Å²) in [6, 6.07) is 1.89. The van der Waals surface area contributed by atoms with Crippen LogP contribution in [0.3, 0.4) is 0 Å². The second kappa shape index (κ2) is 4.51. The van der Waals surface area contributed by atoms with Crippen LogP contribution in [0.4, 0.5) is 5.82 Å². The standard InChI is InChI=1S/C11H15BrClN3/c1-11(2)7-16(4-3-15-11)10-9(12)5-8(13)6-14-10/h5-6,15H,3-4,7H2,1-2H3. The first-order valence-electron chi connectivity index (χ1n) is 5.29. The fraction of sp³-hybridized carbons (Fsp3) is 0.545. The molecule has 88 valence electrons. The van der Waals surface area contributed by atoms with Crippen LogP contribution in [0, 0.1) is 0 Å². The molecule has 1 saturated heterocycles. The number of hydrogen-bond acceptors (Lipinski definition) is 3. The van der Waals surface area contributed by atoms with Crippen LogP contribution in [-0.4, -0.2) is 30.2 Å². The first-order valence-corrected chi connectivity index (χ1v) is 6.46. The van der Waals surface area contributed by atoms with Crippen LogP contribution in [-0.2, 0) is 0 Å². The zero-order chi connectivity index (χ0) is 11.8. The zero-order valence-corrected chi connectivity index (χ0v) is 11.8. The summed E-state index contributed by atoms with van der Waals surface area (Å²) in [5, 5.41) is 4.14. The molecule has 0 unspecified atom stereocenters. The third kappa shape index (κ3) is 2.67. The Hall–Kier alpha value is -0.320. The monoisotopic (exact) mass is 303 g/mol. The van der Waals surface area contributed by atoms with Crippen molar-refractivity contribution in [1.82, 2.24) is 10.3 Å². The molecule has 1 aromatic heterocycles. The van der Waals surface area contributed by atoms with E-state index in [9.17, 15) is 0 Å². The van der Waals surface area contributed by atoms with E-state index in [-0.39, 0.29) is 5.54 Å². The number of pyridine rings is 1. The Labute approximate surface area is 109 Å². The van der Waals surface area contributed by atoms with Crippen molar-refractivity contribution in [1.29, 1.82) is 0 Å². The number of halogens is 2. The van der Waals surface area contributed by atoms with Gasteiger partial charge in [0.15, 0.2) is 0 Å². The van der Waals surface area contributed by atoms with Gasteiger partial charge in [-0.05, 0) is 35.8 Å². The average molecular weight is 305 g/mol. The molecular formula is C11H15BrClN3. The molecule has 0 bridgehead atoms. The molecule has 1 aliphatic heterocycles. The van der Waals surface area contributed by atoms with E-state index in [0.29, 0.717) is 5.02 Å². The first-order chi connectivity index (χ1) is 7.48. The molecule has 3 nitrogen and oxygen atoms in total. The molecule has 2 heterocycles. The van der Waals surface area contributed by atoms with Crippen LogP contribution < -0.4 is 10.2 Å². The maximum Gasteiger partial charge on any atom is 0.143 e. The maximum absolute atomic E-state index is 5.89. The highest BCUT2D eigenvalue weighted by Crippen LogP contribution is 2.28. The maximum atomic E-state index is 5.89. The predicted molar refractivity (Wildman–Crippen MR) is 71.2 cm³/mol. The molecule has 0 saturated carbocycles. The van der Waals surface area contributed by atoms with E-state index in [0.717, 1.165) is 29.9 Å². The summed E-state index contributed by atoms with van der Waals surface area (Å²) in [7, 11) is 0. The molecule has 1 fully saturated rings. The Morgan fingerprint density at radius 3 is 2.94 bits per heavy atom. The van der Waals surface area contributed by atoms with Crippen molar-refractivity contribution in [2.75, 3.05) is 24.5 Å². The Balaban J connectivity index is 2.23. The fourth-order valence-corrected chi connectivity index (χ4v) is 2.85. The Bertz CT molecular complexity index is 395. The molecule has 16 heavy (non-hydrogen) atoms. The van der Waals surface area contributed by atoms with Crippen LogP contribution in [0.2, 0.25) is 5.02 Å². The third-order valence-corrected chi connectivity index (χ3v) is 3.45. The van der Waals surface area contributed by atoms with Crippen molar-refractivity contribution >= 4 is 33.3 Å². The third-order valence-electron chi connectivity index (χ3n) is 2.66. The van der Waals surface area contributed by atoms with Crippen LogP contribution in [0.15, 0.2) is 16.7 Å². The van der Waals surface area contributed by atoms with Gasteiger partial charge in [-0.15, -0.1) is 0 Å². The van der Waals surface area contributed by atoms with Crippen molar-refractivity contribution in [3.63, 3.8) is 0 Å². The second-order valence-electron chi connectivity index (χ2n) is 4.69. The molecule has 2 rings (SSSR count). The van der Waals surface area contributed by atoms with E-state index in [1.165, 1.54) is 0 Å². The SMILES string of the molecule is CC1(C)CN(c2ncc(Cl)cc2Br)CCN1. The van der Waals surface area contributed by atoms with Crippen molar-refractivity contribution in [3.8, 4) is 0 Å².